The molecule has 6 nitrogen and oxygen atoms in total. The highest BCUT2D eigenvalue weighted by atomic mass is 35.5. The maximum Gasteiger partial charge on any atom is 0.261 e. The van der Waals surface area contributed by atoms with Gasteiger partial charge in [-0.3, -0.25) is 4.79 Å². The number of carbonyl (C=O) groups is 1. The van der Waals surface area contributed by atoms with Crippen molar-refractivity contribution in [2.45, 2.75) is 33.4 Å². The minimum Gasteiger partial charge on any atom is -0.484 e. The molecular formula is C21H22ClN3O3. The first-order valence-electron chi connectivity index (χ1n) is 9.00. The van der Waals surface area contributed by atoms with Gasteiger partial charge in [-0.15, -0.1) is 0 Å². The van der Waals surface area contributed by atoms with E-state index >= 15 is 0 Å². The zero-order chi connectivity index (χ0) is 20.1. The van der Waals surface area contributed by atoms with Gasteiger partial charge in [-0.25, -0.2) is 0 Å². The van der Waals surface area contributed by atoms with Crippen LogP contribution in [-0.2, 0) is 11.3 Å². The molecule has 1 heterocycles. The minimum absolute atomic E-state index is 0.0427. The van der Waals surface area contributed by atoms with E-state index in [1.165, 1.54) is 0 Å². The van der Waals surface area contributed by atoms with E-state index in [0.29, 0.717) is 22.5 Å². The summed E-state index contributed by atoms with van der Waals surface area (Å²) in [5, 5.41) is 4.63. The molecule has 1 amide bonds. The number of halogens is 1. The highest BCUT2D eigenvalue weighted by Gasteiger charge is 2.21. The fraction of sp³-hybridized carbons (Fsp3) is 0.286. The van der Waals surface area contributed by atoms with Gasteiger partial charge in [0.2, 0.25) is 11.7 Å². The van der Waals surface area contributed by atoms with Crippen LogP contribution in [0.15, 0.2) is 53.1 Å². The summed E-state index contributed by atoms with van der Waals surface area (Å²) in [5.74, 6) is 1.37. The minimum atomic E-state index is -0.149. The Balaban J connectivity index is 1.66. The van der Waals surface area contributed by atoms with Gasteiger partial charge < -0.3 is 14.2 Å². The average Bonchev–Trinajstić information content (AvgIpc) is 3.14. The van der Waals surface area contributed by atoms with Gasteiger partial charge in [-0.05, 0) is 56.7 Å². The van der Waals surface area contributed by atoms with Crippen molar-refractivity contribution in [3.8, 4) is 17.1 Å². The number of benzene rings is 2. The van der Waals surface area contributed by atoms with Gasteiger partial charge >= 0.3 is 0 Å². The number of carbonyl (C=O) groups excluding carboxylic acids is 1. The van der Waals surface area contributed by atoms with Crippen molar-refractivity contribution in [3.63, 3.8) is 0 Å². The summed E-state index contributed by atoms with van der Waals surface area (Å²) in [6.45, 7) is 5.97. The Hall–Kier alpha value is -2.86. The largest absolute Gasteiger partial charge is 0.484 e. The van der Waals surface area contributed by atoms with Crippen LogP contribution in [0.5, 0.6) is 5.75 Å². The summed E-state index contributed by atoms with van der Waals surface area (Å²) in [6.07, 6.45) is 0. The molecule has 0 spiro atoms. The van der Waals surface area contributed by atoms with Crippen molar-refractivity contribution < 1.29 is 14.1 Å². The molecule has 7 heteroatoms. The zero-order valence-electron chi connectivity index (χ0n) is 16.1. The molecule has 0 aliphatic heterocycles. The van der Waals surface area contributed by atoms with Gasteiger partial charge in [0.05, 0.1) is 0 Å². The number of aryl methyl sites for hydroxylation is 1. The van der Waals surface area contributed by atoms with E-state index in [1.54, 1.807) is 17.0 Å². The van der Waals surface area contributed by atoms with Crippen molar-refractivity contribution in [3.05, 3.63) is 65.0 Å². The number of hydrogen-bond acceptors (Lipinski definition) is 5. The van der Waals surface area contributed by atoms with E-state index in [0.717, 1.165) is 11.1 Å². The third kappa shape index (κ3) is 4.89. The Labute approximate surface area is 169 Å². The number of amides is 1. The molecular weight excluding hydrogens is 378 g/mol. The maximum atomic E-state index is 12.7. The van der Waals surface area contributed by atoms with Crippen molar-refractivity contribution >= 4 is 17.5 Å². The lowest BCUT2D eigenvalue weighted by atomic mass is 10.2. The fourth-order valence-corrected chi connectivity index (χ4v) is 2.81. The van der Waals surface area contributed by atoms with Gasteiger partial charge in [0.1, 0.15) is 12.3 Å². The smallest absolute Gasteiger partial charge is 0.261 e. The summed E-state index contributed by atoms with van der Waals surface area (Å²) in [4.78, 5) is 18.7. The van der Waals surface area contributed by atoms with E-state index in [9.17, 15) is 4.79 Å². The van der Waals surface area contributed by atoms with Crippen LogP contribution in [0.4, 0.5) is 0 Å². The summed E-state index contributed by atoms with van der Waals surface area (Å²) in [6, 6.07) is 14.7. The zero-order valence-corrected chi connectivity index (χ0v) is 16.8. The summed E-state index contributed by atoms with van der Waals surface area (Å²) in [5.41, 5.74) is 1.78. The molecule has 0 radical (unpaired) electrons. The average molecular weight is 400 g/mol. The van der Waals surface area contributed by atoms with Gasteiger partial charge in [0.25, 0.3) is 5.91 Å². The number of aromatic nitrogens is 2. The molecule has 1 aromatic heterocycles. The summed E-state index contributed by atoms with van der Waals surface area (Å²) < 4.78 is 11.0. The quantitative estimate of drug-likeness (QED) is 0.584. The highest BCUT2D eigenvalue weighted by molar-refractivity contribution is 6.30. The summed E-state index contributed by atoms with van der Waals surface area (Å²) in [7, 11) is 0. The second-order valence-electron chi connectivity index (χ2n) is 6.69. The van der Waals surface area contributed by atoms with Crippen LogP contribution in [0.25, 0.3) is 11.4 Å². The normalized spacial score (nSPS) is 10.9. The number of nitrogens with zero attached hydrogens (tertiary/aromatic N) is 3. The predicted octanol–water partition coefficient (Wildman–Crippen LogP) is 4.51. The highest BCUT2D eigenvalue weighted by Crippen LogP contribution is 2.20. The van der Waals surface area contributed by atoms with Gasteiger partial charge in [-0.2, -0.15) is 4.98 Å². The van der Waals surface area contributed by atoms with E-state index in [2.05, 4.69) is 10.1 Å². The Morgan fingerprint density at radius 1 is 1.18 bits per heavy atom. The molecule has 0 saturated carbocycles. The van der Waals surface area contributed by atoms with Gasteiger partial charge in [-0.1, -0.05) is 35.0 Å². The van der Waals surface area contributed by atoms with Crippen LogP contribution in [0.2, 0.25) is 5.02 Å². The van der Waals surface area contributed by atoms with Crippen molar-refractivity contribution in [1.82, 2.24) is 15.0 Å². The Bertz CT molecular complexity index is 938. The van der Waals surface area contributed by atoms with Crippen molar-refractivity contribution in [1.29, 1.82) is 0 Å². The molecule has 2 aromatic carbocycles. The first-order chi connectivity index (χ1) is 13.4. The molecule has 146 valence electrons. The van der Waals surface area contributed by atoms with Crippen molar-refractivity contribution in [2.75, 3.05) is 6.61 Å². The number of hydrogen-bond donors (Lipinski definition) is 0. The van der Waals surface area contributed by atoms with Crippen molar-refractivity contribution in [2.24, 2.45) is 0 Å². The molecule has 0 N–H and O–H groups in total. The van der Waals surface area contributed by atoms with E-state index in [-0.39, 0.29) is 25.1 Å². The Morgan fingerprint density at radius 3 is 2.57 bits per heavy atom. The second kappa shape index (κ2) is 8.89. The number of rotatable bonds is 7. The molecule has 28 heavy (non-hydrogen) atoms. The SMILES string of the molecule is Cc1ccccc1OCC(=O)N(Cc1nc(-c2ccc(Cl)cc2)no1)C(C)C. The molecule has 0 unspecified atom stereocenters. The maximum absolute atomic E-state index is 12.7. The van der Waals surface area contributed by atoms with Crippen LogP contribution in [0.3, 0.4) is 0 Å². The molecule has 0 fully saturated rings. The van der Waals surface area contributed by atoms with E-state index in [1.807, 2.05) is 57.2 Å². The van der Waals surface area contributed by atoms with E-state index < -0.39 is 0 Å². The molecule has 3 rings (SSSR count). The fourth-order valence-electron chi connectivity index (χ4n) is 2.68. The molecule has 3 aromatic rings. The molecule has 0 bridgehead atoms. The Kier molecular flexibility index (Phi) is 6.31. The summed E-state index contributed by atoms with van der Waals surface area (Å²) >= 11 is 5.91. The van der Waals surface area contributed by atoms with Crippen LogP contribution in [-0.4, -0.2) is 33.6 Å². The van der Waals surface area contributed by atoms with Crippen LogP contribution in [0.1, 0.15) is 25.3 Å². The van der Waals surface area contributed by atoms with Crippen LogP contribution >= 0.6 is 11.6 Å². The second-order valence-corrected chi connectivity index (χ2v) is 7.12. The molecule has 0 saturated heterocycles. The van der Waals surface area contributed by atoms with Gasteiger partial charge in [0, 0.05) is 16.6 Å². The number of para-hydroxylation sites is 1. The van der Waals surface area contributed by atoms with Crippen LogP contribution in [0, 0.1) is 6.92 Å². The molecule has 0 aliphatic carbocycles. The topological polar surface area (TPSA) is 68.5 Å². The molecule has 0 aliphatic rings. The lowest BCUT2D eigenvalue weighted by Gasteiger charge is -2.25. The third-order valence-corrected chi connectivity index (χ3v) is 4.52. The lowest BCUT2D eigenvalue weighted by molar-refractivity contribution is -0.136. The third-order valence-electron chi connectivity index (χ3n) is 4.26. The van der Waals surface area contributed by atoms with Gasteiger partial charge in [0.15, 0.2) is 6.61 Å². The first-order valence-corrected chi connectivity index (χ1v) is 9.38. The first kappa shape index (κ1) is 19.9. The standard InChI is InChI=1S/C21H22ClN3O3/c1-14(2)25(20(26)13-27-18-7-5-4-6-15(18)3)12-19-23-21(24-28-19)16-8-10-17(22)11-9-16/h4-11,14H,12-13H2,1-3H3. The molecule has 0 atom stereocenters. The monoisotopic (exact) mass is 399 g/mol. The van der Waals surface area contributed by atoms with Crippen LogP contribution < -0.4 is 4.74 Å². The predicted molar refractivity (Wildman–Crippen MR) is 107 cm³/mol. The van der Waals surface area contributed by atoms with E-state index in [4.69, 9.17) is 20.9 Å². The number of ether oxygens (including phenoxy) is 1. The Morgan fingerprint density at radius 2 is 1.89 bits per heavy atom. The lowest BCUT2D eigenvalue weighted by Crippen LogP contribution is -2.39.